The van der Waals surface area contributed by atoms with E-state index in [1.54, 1.807) is 0 Å². The average Bonchev–Trinajstić information content (AvgIpc) is 2.53. The van der Waals surface area contributed by atoms with Crippen LogP contribution in [0.5, 0.6) is 0 Å². The summed E-state index contributed by atoms with van der Waals surface area (Å²) in [5.41, 5.74) is 0. The Kier molecular flexibility index (Phi) is 5.92. The number of carbonyl (C=O) groups is 1. The van der Waals surface area contributed by atoms with Crippen LogP contribution < -0.4 is 4.72 Å². The fraction of sp³-hybridized carbons (Fsp3) is 0.588. The number of hydrogen-bond donors (Lipinski definition) is 1. The molecule has 1 atom stereocenters. The Bertz CT molecular complexity index is 634. The molecule has 0 heterocycles. The lowest BCUT2D eigenvalue weighted by Gasteiger charge is -2.28. The van der Waals surface area contributed by atoms with Gasteiger partial charge in [-0.25, -0.2) is 17.5 Å². The number of nitrogens with one attached hydrogen (secondary N) is 1. The summed E-state index contributed by atoms with van der Waals surface area (Å²) < 4.78 is 40.4. The first-order valence-corrected chi connectivity index (χ1v) is 9.61. The van der Waals surface area contributed by atoms with Crippen molar-refractivity contribution in [3.63, 3.8) is 0 Å². The fourth-order valence-corrected chi connectivity index (χ4v) is 4.37. The van der Waals surface area contributed by atoms with E-state index in [4.69, 9.17) is 0 Å². The van der Waals surface area contributed by atoms with E-state index < -0.39 is 21.9 Å². The Hall–Kier alpha value is -1.27. The van der Waals surface area contributed by atoms with Crippen LogP contribution in [0.25, 0.3) is 0 Å². The number of hydrogen-bond acceptors (Lipinski definition) is 3. The van der Waals surface area contributed by atoms with Gasteiger partial charge in [-0.1, -0.05) is 33.1 Å². The molecule has 1 aliphatic rings. The van der Waals surface area contributed by atoms with Crippen LogP contribution in [0.4, 0.5) is 4.39 Å². The zero-order chi connectivity index (χ0) is 17.0. The molecule has 23 heavy (non-hydrogen) atoms. The lowest BCUT2D eigenvalue weighted by Crippen LogP contribution is -2.47. The lowest BCUT2D eigenvalue weighted by molar-refractivity contribution is -0.126. The number of carbonyl (C=O) groups excluding carboxylic acids is 1. The third-order valence-corrected chi connectivity index (χ3v) is 5.84. The largest absolute Gasteiger partial charge is 0.298 e. The van der Waals surface area contributed by atoms with Crippen molar-refractivity contribution in [2.75, 3.05) is 0 Å². The fourth-order valence-electron chi connectivity index (χ4n) is 3.01. The van der Waals surface area contributed by atoms with Crippen LogP contribution in [-0.2, 0) is 14.8 Å². The quantitative estimate of drug-likeness (QED) is 0.864. The zero-order valence-corrected chi connectivity index (χ0v) is 14.4. The maximum atomic E-state index is 13.0. The number of benzene rings is 1. The molecule has 1 aromatic carbocycles. The molecule has 4 nitrogen and oxygen atoms in total. The molecule has 1 fully saturated rings. The van der Waals surface area contributed by atoms with Crippen molar-refractivity contribution in [3.8, 4) is 0 Å². The second-order valence-electron chi connectivity index (χ2n) is 6.53. The van der Waals surface area contributed by atoms with Crippen LogP contribution in [0.3, 0.4) is 0 Å². The number of sulfonamides is 1. The van der Waals surface area contributed by atoms with Gasteiger partial charge in [-0.15, -0.1) is 0 Å². The maximum Gasteiger partial charge on any atom is 0.241 e. The molecule has 1 aliphatic carbocycles. The van der Waals surface area contributed by atoms with Gasteiger partial charge in [0.15, 0.2) is 5.78 Å². The third-order valence-electron chi connectivity index (χ3n) is 4.39. The van der Waals surface area contributed by atoms with Gasteiger partial charge in [-0.2, -0.15) is 0 Å². The normalized spacial score (nSPS) is 18.1. The van der Waals surface area contributed by atoms with Crippen LogP contribution in [0.15, 0.2) is 29.2 Å². The average molecular weight is 341 g/mol. The summed E-state index contributed by atoms with van der Waals surface area (Å²) in [6.45, 7) is 3.66. The molecule has 0 saturated heterocycles. The van der Waals surface area contributed by atoms with Crippen LogP contribution >= 0.6 is 0 Å². The minimum absolute atomic E-state index is 0.0228. The van der Waals surface area contributed by atoms with E-state index in [9.17, 15) is 17.6 Å². The van der Waals surface area contributed by atoms with Crippen LogP contribution in [0.1, 0.15) is 46.0 Å². The van der Waals surface area contributed by atoms with Crippen molar-refractivity contribution >= 4 is 15.8 Å². The predicted molar refractivity (Wildman–Crippen MR) is 86.9 cm³/mol. The van der Waals surface area contributed by atoms with Gasteiger partial charge >= 0.3 is 0 Å². The molecule has 1 aromatic rings. The summed E-state index contributed by atoms with van der Waals surface area (Å²) >= 11 is 0. The van der Waals surface area contributed by atoms with Gasteiger partial charge < -0.3 is 0 Å². The number of Topliss-reactive ketones (excluding diaryl/α,β-unsaturated/α-hetero) is 1. The molecular weight excluding hydrogens is 317 g/mol. The van der Waals surface area contributed by atoms with Crippen molar-refractivity contribution in [2.45, 2.75) is 56.9 Å². The van der Waals surface area contributed by atoms with E-state index in [0.29, 0.717) is 0 Å². The molecule has 0 aliphatic heterocycles. The second-order valence-corrected chi connectivity index (χ2v) is 8.25. The standard InChI is InChI=1S/C17H24FNO3S/c1-12(2)16(17(20)13-6-4-3-5-7-13)19-23(21,22)15-10-8-14(18)9-11-15/h8-13,16,19H,3-7H2,1-2H3/t16-/m1/s1. The number of rotatable bonds is 6. The molecule has 0 bridgehead atoms. The van der Waals surface area contributed by atoms with Gasteiger partial charge in [0, 0.05) is 5.92 Å². The SMILES string of the molecule is CC(C)[C@@H](NS(=O)(=O)c1ccc(F)cc1)C(=O)C1CCCCC1. The van der Waals surface area contributed by atoms with Crippen molar-refractivity contribution in [2.24, 2.45) is 11.8 Å². The van der Waals surface area contributed by atoms with Crippen LogP contribution in [0, 0.1) is 17.7 Å². The van der Waals surface area contributed by atoms with Gasteiger partial charge in [-0.3, -0.25) is 4.79 Å². The first-order chi connectivity index (χ1) is 10.8. The first kappa shape index (κ1) is 18.1. The Labute approximate surface area is 137 Å². The molecule has 0 unspecified atom stereocenters. The van der Waals surface area contributed by atoms with Gasteiger partial charge in [0.2, 0.25) is 10.0 Å². The van der Waals surface area contributed by atoms with Crippen molar-refractivity contribution in [3.05, 3.63) is 30.1 Å². The van der Waals surface area contributed by atoms with Gasteiger partial charge in [0.1, 0.15) is 5.82 Å². The molecule has 0 spiro atoms. The number of ketones is 1. The van der Waals surface area contributed by atoms with Crippen molar-refractivity contribution in [1.29, 1.82) is 0 Å². The van der Waals surface area contributed by atoms with E-state index in [-0.39, 0.29) is 22.5 Å². The maximum absolute atomic E-state index is 13.0. The summed E-state index contributed by atoms with van der Waals surface area (Å²) in [5, 5.41) is 0. The Morgan fingerprint density at radius 1 is 1.13 bits per heavy atom. The highest BCUT2D eigenvalue weighted by Crippen LogP contribution is 2.27. The van der Waals surface area contributed by atoms with E-state index >= 15 is 0 Å². The molecule has 6 heteroatoms. The van der Waals surface area contributed by atoms with Crippen molar-refractivity contribution in [1.82, 2.24) is 4.72 Å². The third kappa shape index (κ3) is 4.61. The predicted octanol–water partition coefficient (Wildman–Crippen LogP) is 3.28. The minimum atomic E-state index is -3.84. The van der Waals surface area contributed by atoms with E-state index in [2.05, 4.69) is 4.72 Å². The Morgan fingerprint density at radius 3 is 2.22 bits per heavy atom. The highest BCUT2D eigenvalue weighted by Gasteiger charge is 2.33. The summed E-state index contributed by atoms with van der Waals surface area (Å²) in [6, 6.07) is 3.87. The highest BCUT2D eigenvalue weighted by molar-refractivity contribution is 7.89. The molecule has 2 rings (SSSR count). The van der Waals surface area contributed by atoms with Gasteiger partial charge in [0.25, 0.3) is 0 Å². The molecule has 128 valence electrons. The molecule has 0 amide bonds. The molecule has 1 saturated carbocycles. The first-order valence-electron chi connectivity index (χ1n) is 8.13. The summed E-state index contributed by atoms with van der Waals surface area (Å²) in [7, 11) is -3.84. The Balaban J connectivity index is 2.17. The van der Waals surface area contributed by atoms with Crippen LogP contribution in [-0.4, -0.2) is 20.2 Å². The smallest absolute Gasteiger partial charge is 0.241 e. The molecule has 1 N–H and O–H groups in total. The van der Waals surface area contributed by atoms with Gasteiger partial charge in [-0.05, 0) is 43.0 Å². The summed E-state index contributed by atoms with van der Waals surface area (Å²) in [5.74, 6) is -0.722. The monoisotopic (exact) mass is 341 g/mol. The minimum Gasteiger partial charge on any atom is -0.298 e. The molecule has 0 aromatic heterocycles. The van der Waals surface area contributed by atoms with E-state index in [0.717, 1.165) is 44.2 Å². The van der Waals surface area contributed by atoms with Crippen molar-refractivity contribution < 1.29 is 17.6 Å². The zero-order valence-electron chi connectivity index (χ0n) is 13.6. The molecule has 0 radical (unpaired) electrons. The number of halogens is 1. The van der Waals surface area contributed by atoms with Crippen LogP contribution in [0.2, 0.25) is 0 Å². The summed E-state index contributed by atoms with van der Waals surface area (Å²) in [6.07, 6.45) is 4.84. The molecular formula is C17H24FNO3S. The van der Waals surface area contributed by atoms with E-state index in [1.807, 2.05) is 13.8 Å². The lowest BCUT2D eigenvalue weighted by atomic mass is 9.82. The Morgan fingerprint density at radius 2 is 1.70 bits per heavy atom. The van der Waals surface area contributed by atoms with E-state index in [1.165, 1.54) is 12.1 Å². The topological polar surface area (TPSA) is 63.2 Å². The highest BCUT2D eigenvalue weighted by atomic mass is 32.2. The summed E-state index contributed by atoms with van der Waals surface area (Å²) in [4.78, 5) is 12.7. The van der Waals surface area contributed by atoms with Gasteiger partial charge in [0.05, 0.1) is 10.9 Å². The second kappa shape index (κ2) is 7.53.